The molecule has 0 radical (unpaired) electrons. The van der Waals surface area contributed by atoms with Crippen molar-refractivity contribution in [1.82, 2.24) is 10.3 Å². The Hall–Kier alpha value is -1.73. The average molecular weight is 293 g/mol. The Morgan fingerprint density at radius 3 is 2.50 bits per heavy atom. The van der Waals surface area contributed by atoms with Crippen LogP contribution in [-0.4, -0.2) is 17.1 Å². The molecular formula is C12H18F3N3O2. The van der Waals surface area contributed by atoms with Gasteiger partial charge in [-0.25, -0.2) is 4.79 Å². The van der Waals surface area contributed by atoms with Gasteiger partial charge in [0.25, 0.3) is 0 Å². The summed E-state index contributed by atoms with van der Waals surface area (Å²) in [6, 6.07) is -1.21. The maximum atomic E-state index is 12.3. The third kappa shape index (κ3) is 5.50. The summed E-state index contributed by atoms with van der Waals surface area (Å²) in [6.45, 7) is 5.95. The van der Waals surface area contributed by atoms with Gasteiger partial charge in [-0.05, 0) is 25.7 Å². The first-order valence-electron chi connectivity index (χ1n) is 6.28. The minimum absolute atomic E-state index is 0.0885. The van der Waals surface area contributed by atoms with Crippen molar-refractivity contribution in [2.45, 2.75) is 45.8 Å². The second-order valence-electron chi connectivity index (χ2n) is 5.01. The lowest BCUT2D eigenvalue weighted by Gasteiger charge is -2.14. The molecule has 1 rings (SSSR count). The quantitative estimate of drug-likeness (QED) is 0.871. The molecule has 8 heteroatoms. The van der Waals surface area contributed by atoms with Crippen LogP contribution in [0.25, 0.3) is 0 Å². The molecule has 0 saturated heterocycles. The monoisotopic (exact) mass is 293 g/mol. The van der Waals surface area contributed by atoms with Crippen molar-refractivity contribution in [2.75, 3.05) is 5.32 Å². The van der Waals surface area contributed by atoms with Gasteiger partial charge in [0.15, 0.2) is 5.69 Å². The number of hydrogen-bond donors (Lipinski definition) is 2. The molecule has 1 heterocycles. The molecule has 0 bridgehead atoms. The number of halogens is 3. The number of anilines is 1. The zero-order valence-corrected chi connectivity index (χ0v) is 11.5. The number of amides is 2. The lowest BCUT2D eigenvalue weighted by Crippen LogP contribution is -2.36. The lowest BCUT2D eigenvalue weighted by atomic mass is 10.0. The van der Waals surface area contributed by atoms with Crippen molar-refractivity contribution in [3.63, 3.8) is 0 Å². The maximum Gasteiger partial charge on any atom is 0.436 e. The summed E-state index contributed by atoms with van der Waals surface area (Å²) in [4.78, 5) is 14.7. The highest BCUT2D eigenvalue weighted by Crippen LogP contribution is 2.29. The molecule has 0 aromatic carbocycles. The van der Waals surface area contributed by atoms with Crippen LogP contribution >= 0.6 is 0 Å². The van der Waals surface area contributed by atoms with Gasteiger partial charge in [-0.3, -0.25) is 5.32 Å². The Morgan fingerprint density at radius 2 is 2.00 bits per heavy atom. The molecule has 2 amide bonds. The molecule has 1 unspecified atom stereocenters. The number of nitrogens with one attached hydrogen (secondary N) is 2. The van der Waals surface area contributed by atoms with E-state index in [4.69, 9.17) is 0 Å². The van der Waals surface area contributed by atoms with Crippen LogP contribution in [0.5, 0.6) is 0 Å². The standard InChI is InChI=1S/C12H18F3N3O2/c1-7(2)4-5-8(3)16-10(19)18-11-17-9(6-20-11)12(13,14)15/h6-8H,4-5H2,1-3H3,(H2,16,17,18,19). The Morgan fingerprint density at radius 1 is 1.35 bits per heavy atom. The van der Waals surface area contributed by atoms with Crippen molar-refractivity contribution in [3.8, 4) is 0 Å². The molecule has 20 heavy (non-hydrogen) atoms. The first-order valence-corrected chi connectivity index (χ1v) is 6.28. The SMILES string of the molecule is CC(C)CCC(C)NC(=O)Nc1nc(C(F)(F)F)co1. The Balaban J connectivity index is 2.44. The number of urea groups is 1. The minimum atomic E-state index is -4.59. The minimum Gasteiger partial charge on any atom is -0.431 e. The number of oxazole rings is 1. The summed E-state index contributed by atoms with van der Waals surface area (Å²) in [5.41, 5.74) is -1.18. The first-order chi connectivity index (χ1) is 9.18. The van der Waals surface area contributed by atoms with E-state index in [9.17, 15) is 18.0 Å². The van der Waals surface area contributed by atoms with E-state index in [1.807, 2.05) is 6.92 Å². The van der Waals surface area contributed by atoms with E-state index in [-0.39, 0.29) is 6.04 Å². The van der Waals surface area contributed by atoms with Crippen molar-refractivity contribution >= 4 is 12.0 Å². The molecule has 1 aromatic heterocycles. The van der Waals surface area contributed by atoms with Gasteiger partial charge in [0.1, 0.15) is 6.26 Å². The van der Waals surface area contributed by atoms with Crippen LogP contribution in [0.4, 0.5) is 24.0 Å². The third-order valence-electron chi connectivity index (χ3n) is 2.57. The van der Waals surface area contributed by atoms with E-state index in [1.165, 1.54) is 0 Å². The topological polar surface area (TPSA) is 67.2 Å². The van der Waals surface area contributed by atoms with Crippen LogP contribution in [0.15, 0.2) is 10.7 Å². The van der Waals surface area contributed by atoms with E-state index in [2.05, 4.69) is 33.9 Å². The fraction of sp³-hybridized carbons (Fsp3) is 0.667. The van der Waals surface area contributed by atoms with Crippen LogP contribution in [0.1, 0.15) is 39.3 Å². The number of carbonyl (C=O) groups is 1. The normalized spacial score (nSPS) is 13.3. The van der Waals surface area contributed by atoms with E-state index < -0.39 is 23.9 Å². The summed E-state index contributed by atoms with van der Waals surface area (Å²) in [7, 11) is 0. The van der Waals surface area contributed by atoms with Crippen LogP contribution in [0, 0.1) is 5.92 Å². The Kier molecular flexibility index (Phi) is 5.41. The predicted molar refractivity (Wildman–Crippen MR) is 67.2 cm³/mol. The molecule has 5 nitrogen and oxygen atoms in total. The van der Waals surface area contributed by atoms with Gasteiger partial charge >= 0.3 is 18.2 Å². The fourth-order valence-corrected chi connectivity index (χ4v) is 1.47. The second-order valence-corrected chi connectivity index (χ2v) is 5.01. The molecule has 0 fully saturated rings. The lowest BCUT2D eigenvalue weighted by molar-refractivity contribution is -0.141. The number of rotatable bonds is 5. The molecule has 0 spiro atoms. The van der Waals surface area contributed by atoms with Gasteiger partial charge in [-0.15, -0.1) is 0 Å². The number of aromatic nitrogens is 1. The largest absolute Gasteiger partial charge is 0.436 e. The molecule has 0 aliphatic rings. The van der Waals surface area contributed by atoms with E-state index in [0.717, 1.165) is 12.8 Å². The number of carbonyl (C=O) groups excluding carboxylic acids is 1. The van der Waals surface area contributed by atoms with E-state index >= 15 is 0 Å². The summed E-state index contributed by atoms with van der Waals surface area (Å²) >= 11 is 0. The van der Waals surface area contributed by atoms with Gasteiger partial charge < -0.3 is 9.73 Å². The van der Waals surface area contributed by atoms with Crippen molar-refractivity contribution < 1.29 is 22.4 Å². The van der Waals surface area contributed by atoms with Crippen LogP contribution < -0.4 is 10.6 Å². The molecule has 1 atom stereocenters. The van der Waals surface area contributed by atoms with Crippen molar-refractivity contribution in [2.24, 2.45) is 5.92 Å². The van der Waals surface area contributed by atoms with Crippen LogP contribution in [0.2, 0.25) is 0 Å². The summed E-state index contributed by atoms with van der Waals surface area (Å²) in [5, 5.41) is 4.73. The zero-order valence-electron chi connectivity index (χ0n) is 11.5. The highest BCUT2D eigenvalue weighted by atomic mass is 19.4. The second kappa shape index (κ2) is 6.62. The number of alkyl halides is 3. The van der Waals surface area contributed by atoms with Crippen LogP contribution in [0.3, 0.4) is 0 Å². The molecule has 2 N–H and O–H groups in total. The number of nitrogens with zero attached hydrogens (tertiary/aromatic N) is 1. The smallest absolute Gasteiger partial charge is 0.431 e. The molecule has 0 aliphatic carbocycles. The zero-order chi connectivity index (χ0) is 15.3. The highest BCUT2D eigenvalue weighted by Gasteiger charge is 2.35. The third-order valence-corrected chi connectivity index (χ3v) is 2.57. The molecule has 0 saturated carbocycles. The van der Waals surface area contributed by atoms with Gasteiger partial charge in [0.05, 0.1) is 0 Å². The summed E-state index contributed by atoms with van der Waals surface area (Å²) in [5.74, 6) is 0.517. The molecule has 0 aliphatic heterocycles. The van der Waals surface area contributed by atoms with Gasteiger partial charge in [-0.1, -0.05) is 13.8 Å². The van der Waals surface area contributed by atoms with Gasteiger partial charge in [0.2, 0.25) is 0 Å². The van der Waals surface area contributed by atoms with Crippen molar-refractivity contribution in [3.05, 3.63) is 12.0 Å². The maximum absolute atomic E-state index is 12.3. The Bertz CT molecular complexity index is 443. The fourth-order valence-electron chi connectivity index (χ4n) is 1.47. The highest BCUT2D eigenvalue weighted by molar-refractivity contribution is 5.87. The number of hydrogen-bond acceptors (Lipinski definition) is 3. The van der Waals surface area contributed by atoms with Crippen molar-refractivity contribution in [1.29, 1.82) is 0 Å². The van der Waals surface area contributed by atoms with Crippen LogP contribution in [-0.2, 0) is 6.18 Å². The van der Waals surface area contributed by atoms with E-state index in [0.29, 0.717) is 12.2 Å². The van der Waals surface area contributed by atoms with Gasteiger partial charge in [-0.2, -0.15) is 18.2 Å². The summed E-state index contributed by atoms with van der Waals surface area (Å²) in [6.07, 6.45) is -2.41. The molecular weight excluding hydrogens is 275 g/mol. The Labute approximate surface area is 114 Å². The van der Waals surface area contributed by atoms with Gasteiger partial charge in [0, 0.05) is 6.04 Å². The summed E-state index contributed by atoms with van der Waals surface area (Å²) < 4.78 is 41.4. The molecule has 1 aromatic rings. The van der Waals surface area contributed by atoms with E-state index in [1.54, 1.807) is 0 Å². The average Bonchev–Trinajstić information content (AvgIpc) is 2.74. The molecule has 114 valence electrons. The predicted octanol–water partition coefficient (Wildman–Crippen LogP) is 3.64. The first kappa shape index (κ1) is 16.3.